The zero-order valence-corrected chi connectivity index (χ0v) is 15.3. The lowest BCUT2D eigenvalue weighted by Crippen LogP contribution is -2.15. The maximum absolute atomic E-state index is 4.96. The van der Waals surface area contributed by atoms with E-state index in [4.69, 9.17) is 9.97 Å². The molecule has 0 unspecified atom stereocenters. The number of hydrogen-bond donors (Lipinski definition) is 0. The zero-order valence-electron chi connectivity index (χ0n) is 15.3. The molecule has 0 aliphatic heterocycles. The lowest BCUT2D eigenvalue weighted by atomic mass is 9.90. The summed E-state index contributed by atoms with van der Waals surface area (Å²) in [5, 5.41) is 0. The summed E-state index contributed by atoms with van der Waals surface area (Å²) in [4.78, 5) is 14.6. The van der Waals surface area contributed by atoms with Gasteiger partial charge in [-0.2, -0.15) is 0 Å². The molecule has 25 heavy (non-hydrogen) atoms. The van der Waals surface area contributed by atoms with E-state index in [9.17, 15) is 0 Å². The second-order valence-electron chi connectivity index (χ2n) is 7.64. The molecule has 2 aromatic heterocycles. The molecule has 4 rings (SSSR count). The maximum Gasteiger partial charge on any atom is 0.179 e. The van der Waals surface area contributed by atoms with E-state index < -0.39 is 0 Å². The van der Waals surface area contributed by atoms with Crippen molar-refractivity contribution in [3.8, 4) is 22.8 Å². The minimum Gasteiger partial charge on any atom is -0.250 e. The molecule has 3 heteroatoms. The third kappa shape index (κ3) is 2.84. The summed E-state index contributed by atoms with van der Waals surface area (Å²) in [5.41, 5.74) is 7.87. The molecule has 0 amide bonds. The molecule has 0 fully saturated rings. The molecule has 0 atom stereocenters. The fourth-order valence-electron chi connectivity index (χ4n) is 3.65. The molecule has 0 saturated carbocycles. The Hall–Kier alpha value is -2.55. The largest absolute Gasteiger partial charge is 0.250 e. The van der Waals surface area contributed by atoms with Crippen molar-refractivity contribution in [3.63, 3.8) is 0 Å². The van der Waals surface area contributed by atoms with Crippen molar-refractivity contribution in [1.82, 2.24) is 15.0 Å². The van der Waals surface area contributed by atoms with Crippen molar-refractivity contribution in [2.75, 3.05) is 0 Å². The highest BCUT2D eigenvalue weighted by atomic mass is 14.9. The monoisotopic (exact) mass is 329 g/mol. The number of aryl methyl sites for hydroxylation is 2. The number of pyridine rings is 1. The van der Waals surface area contributed by atoms with Crippen LogP contribution in [0.25, 0.3) is 22.8 Å². The van der Waals surface area contributed by atoms with Gasteiger partial charge in [-0.05, 0) is 44.9 Å². The van der Waals surface area contributed by atoms with Crippen LogP contribution in [0, 0.1) is 13.8 Å². The Kier molecular flexibility index (Phi) is 3.68. The second kappa shape index (κ2) is 5.76. The van der Waals surface area contributed by atoms with E-state index in [1.165, 1.54) is 22.4 Å². The van der Waals surface area contributed by atoms with Gasteiger partial charge in [0.1, 0.15) is 5.69 Å². The summed E-state index contributed by atoms with van der Waals surface area (Å²) in [7, 11) is 0. The topological polar surface area (TPSA) is 38.7 Å². The van der Waals surface area contributed by atoms with Gasteiger partial charge in [-0.3, -0.25) is 0 Å². The highest BCUT2D eigenvalue weighted by molar-refractivity contribution is 5.69. The average molecular weight is 329 g/mol. The van der Waals surface area contributed by atoms with Crippen molar-refractivity contribution in [1.29, 1.82) is 0 Å². The molecule has 0 spiro atoms. The lowest BCUT2D eigenvalue weighted by molar-refractivity contribution is 0.509. The van der Waals surface area contributed by atoms with Crippen LogP contribution in [0.3, 0.4) is 0 Å². The first kappa shape index (κ1) is 15.9. The normalized spacial score (nSPS) is 15.2. The molecule has 2 heterocycles. The minimum atomic E-state index is 0.0788. The Bertz CT molecular complexity index is 957. The summed E-state index contributed by atoms with van der Waals surface area (Å²) < 4.78 is 0. The van der Waals surface area contributed by atoms with Gasteiger partial charge in [0.2, 0.25) is 0 Å². The van der Waals surface area contributed by atoms with Gasteiger partial charge in [0.25, 0.3) is 0 Å². The van der Waals surface area contributed by atoms with Crippen molar-refractivity contribution in [3.05, 3.63) is 65.0 Å². The van der Waals surface area contributed by atoms with E-state index in [0.29, 0.717) is 0 Å². The van der Waals surface area contributed by atoms with E-state index in [-0.39, 0.29) is 5.41 Å². The van der Waals surface area contributed by atoms with Crippen LogP contribution in [-0.2, 0) is 11.8 Å². The summed E-state index contributed by atoms with van der Waals surface area (Å²) in [5.74, 6) is 0.730. The van der Waals surface area contributed by atoms with Gasteiger partial charge < -0.3 is 0 Å². The van der Waals surface area contributed by atoms with Gasteiger partial charge in [0.05, 0.1) is 11.4 Å². The van der Waals surface area contributed by atoms with Crippen LogP contribution in [0.5, 0.6) is 0 Å². The van der Waals surface area contributed by atoms with Crippen molar-refractivity contribution in [2.24, 2.45) is 0 Å². The molecule has 126 valence electrons. The third-order valence-corrected chi connectivity index (χ3v) is 5.06. The number of rotatable bonds is 2. The zero-order chi connectivity index (χ0) is 17.6. The summed E-state index contributed by atoms with van der Waals surface area (Å²) in [6.45, 7) is 8.68. The molecule has 0 radical (unpaired) electrons. The van der Waals surface area contributed by atoms with Crippen LogP contribution in [0.1, 0.15) is 42.8 Å². The van der Waals surface area contributed by atoms with E-state index in [1.54, 1.807) is 0 Å². The van der Waals surface area contributed by atoms with Crippen LogP contribution < -0.4 is 0 Å². The Labute approximate surface area is 149 Å². The average Bonchev–Trinajstić information content (AvgIpc) is 2.89. The van der Waals surface area contributed by atoms with Gasteiger partial charge in [-0.15, -0.1) is 0 Å². The first-order valence-electron chi connectivity index (χ1n) is 8.86. The first-order valence-corrected chi connectivity index (χ1v) is 8.86. The van der Waals surface area contributed by atoms with Crippen LogP contribution in [0.4, 0.5) is 0 Å². The SMILES string of the molecule is Cc1cccc(-c2nc(-c3cccc(C)n3)nc3c2CCC3(C)C)c1. The molecule has 3 aromatic rings. The Morgan fingerprint density at radius 3 is 2.48 bits per heavy atom. The second-order valence-corrected chi connectivity index (χ2v) is 7.64. The van der Waals surface area contributed by atoms with E-state index in [2.05, 4.69) is 50.0 Å². The Morgan fingerprint density at radius 2 is 1.72 bits per heavy atom. The molecular weight excluding hydrogens is 306 g/mol. The van der Waals surface area contributed by atoms with Gasteiger partial charge in [0.15, 0.2) is 5.82 Å². The van der Waals surface area contributed by atoms with Gasteiger partial charge in [-0.1, -0.05) is 43.7 Å². The molecule has 1 aromatic carbocycles. The van der Waals surface area contributed by atoms with Gasteiger partial charge in [0, 0.05) is 22.2 Å². The first-order chi connectivity index (χ1) is 11.9. The highest BCUT2D eigenvalue weighted by Gasteiger charge is 2.34. The molecular formula is C22H23N3. The molecule has 0 saturated heterocycles. The van der Waals surface area contributed by atoms with Gasteiger partial charge >= 0.3 is 0 Å². The molecule has 3 nitrogen and oxygen atoms in total. The Morgan fingerprint density at radius 1 is 0.920 bits per heavy atom. The molecule has 0 N–H and O–H groups in total. The van der Waals surface area contributed by atoms with Crippen LogP contribution in [0.15, 0.2) is 42.5 Å². The minimum absolute atomic E-state index is 0.0788. The number of fused-ring (bicyclic) bond motifs is 1. The van der Waals surface area contributed by atoms with Crippen molar-refractivity contribution < 1.29 is 0 Å². The molecule has 0 bridgehead atoms. The smallest absolute Gasteiger partial charge is 0.179 e. The summed E-state index contributed by atoms with van der Waals surface area (Å²) in [6, 6.07) is 14.6. The third-order valence-electron chi connectivity index (χ3n) is 5.06. The van der Waals surface area contributed by atoms with E-state index in [0.717, 1.165) is 35.7 Å². The number of hydrogen-bond acceptors (Lipinski definition) is 3. The number of benzene rings is 1. The fourth-order valence-corrected chi connectivity index (χ4v) is 3.65. The van der Waals surface area contributed by atoms with Crippen LogP contribution in [0.2, 0.25) is 0 Å². The van der Waals surface area contributed by atoms with E-state index in [1.807, 2.05) is 25.1 Å². The standard InChI is InChI=1S/C22H23N3/c1-14-7-5-9-16(13-14)19-17-11-12-22(3,4)20(17)25-21(24-19)18-10-6-8-15(2)23-18/h5-10,13H,11-12H2,1-4H3. The summed E-state index contributed by atoms with van der Waals surface area (Å²) in [6.07, 6.45) is 2.15. The maximum atomic E-state index is 4.96. The molecule has 1 aliphatic carbocycles. The fraction of sp³-hybridized carbons (Fsp3) is 0.318. The number of nitrogens with zero attached hydrogens (tertiary/aromatic N) is 3. The van der Waals surface area contributed by atoms with Crippen LogP contribution >= 0.6 is 0 Å². The Balaban J connectivity index is 1.98. The predicted molar refractivity (Wildman–Crippen MR) is 102 cm³/mol. The number of aromatic nitrogens is 3. The quantitative estimate of drug-likeness (QED) is 0.660. The van der Waals surface area contributed by atoms with Crippen molar-refractivity contribution >= 4 is 0 Å². The van der Waals surface area contributed by atoms with Gasteiger partial charge in [-0.25, -0.2) is 15.0 Å². The lowest BCUT2D eigenvalue weighted by Gasteiger charge is -2.19. The highest BCUT2D eigenvalue weighted by Crippen LogP contribution is 2.41. The predicted octanol–water partition coefficient (Wildman–Crippen LogP) is 5.05. The van der Waals surface area contributed by atoms with Crippen LogP contribution in [-0.4, -0.2) is 15.0 Å². The molecule has 1 aliphatic rings. The summed E-state index contributed by atoms with van der Waals surface area (Å²) >= 11 is 0. The van der Waals surface area contributed by atoms with E-state index >= 15 is 0 Å². The van der Waals surface area contributed by atoms with Crippen molar-refractivity contribution in [2.45, 2.75) is 46.0 Å².